The number of pyridine rings is 1. The van der Waals surface area contributed by atoms with Crippen molar-refractivity contribution in [3.63, 3.8) is 0 Å². The van der Waals surface area contributed by atoms with Crippen LogP contribution in [0.3, 0.4) is 0 Å². The molecule has 0 spiro atoms. The number of nitriles is 1. The molecule has 2 heterocycles. The van der Waals surface area contributed by atoms with Crippen LogP contribution in [-0.2, 0) is 16.2 Å². The van der Waals surface area contributed by atoms with E-state index >= 15 is 0 Å². The summed E-state index contributed by atoms with van der Waals surface area (Å²) < 4.78 is 66.9. The van der Waals surface area contributed by atoms with Gasteiger partial charge in [0.2, 0.25) is 0 Å². The number of amidine groups is 1. The number of nitrogens with zero attached hydrogens (tertiary/aromatic N) is 5. The standard InChI is InChI=1S/C13H10ClF3N6O2S/c1-7(19-2)22-26(24,25)8-3-4-10(20-6-8)23-12(14)9(5-18)11(21-23)13(15,16)17/h3-4,6H,1-2H3,(H,19,22). The first kappa shape index (κ1) is 19.7. The molecular weight excluding hydrogens is 397 g/mol. The molecule has 0 saturated carbocycles. The van der Waals surface area contributed by atoms with Crippen LogP contribution >= 0.6 is 11.6 Å². The Hall–Kier alpha value is -2.65. The SMILES string of the molecule is CNC(C)=NS(=O)(=O)c1ccc(-n2nc(C(F)(F)F)c(C#N)c2Cl)nc1. The zero-order valence-electron chi connectivity index (χ0n) is 13.2. The van der Waals surface area contributed by atoms with Gasteiger partial charge in [-0.05, 0) is 19.1 Å². The van der Waals surface area contributed by atoms with Crippen molar-refractivity contribution in [2.24, 2.45) is 4.40 Å². The summed E-state index contributed by atoms with van der Waals surface area (Å²) in [5.74, 6) is -0.0621. The van der Waals surface area contributed by atoms with E-state index in [2.05, 4.69) is 19.8 Å². The van der Waals surface area contributed by atoms with E-state index in [1.54, 1.807) is 0 Å². The zero-order chi connectivity index (χ0) is 19.7. The Labute approximate surface area is 151 Å². The lowest BCUT2D eigenvalue weighted by Crippen LogP contribution is -2.16. The first-order valence-electron chi connectivity index (χ1n) is 6.73. The number of aromatic nitrogens is 3. The highest BCUT2D eigenvalue weighted by Crippen LogP contribution is 2.34. The largest absolute Gasteiger partial charge is 0.436 e. The summed E-state index contributed by atoms with van der Waals surface area (Å²) in [5.41, 5.74) is -2.32. The number of rotatable bonds is 3. The highest BCUT2D eigenvalue weighted by Gasteiger charge is 2.39. The molecule has 0 unspecified atom stereocenters. The third kappa shape index (κ3) is 3.78. The van der Waals surface area contributed by atoms with Crippen molar-refractivity contribution < 1.29 is 21.6 Å². The number of hydrogen-bond donors (Lipinski definition) is 1. The van der Waals surface area contributed by atoms with Gasteiger partial charge in [-0.15, -0.1) is 4.40 Å². The fourth-order valence-corrected chi connectivity index (χ4v) is 3.02. The molecule has 0 aromatic carbocycles. The zero-order valence-corrected chi connectivity index (χ0v) is 14.8. The molecule has 0 aliphatic rings. The minimum absolute atomic E-state index is 0.137. The van der Waals surface area contributed by atoms with Crippen molar-refractivity contribution in [1.82, 2.24) is 20.1 Å². The predicted octanol–water partition coefficient (Wildman–Crippen LogP) is 2.14. The Kier molecular flexibility index (Phi) is 5.24. The molecule has 0 bridgehead atoms. The van der Waals surface area contributed by atoms with E-state index in [1.165, 1.54) is 20.0 Å². The summed E-state index contributed by atoms with van der Waals surface area (Å²) >= 11 is 5.78. The number of halogens is 4. The van der Waals surface area contributed by atoms with E-state index < -0.39 is 32.6 Å². The number of hydrogen-bond acceptors (Lipinski definition) is 5. The van der Waals surface area contributed by atoms with Crippen molar-refractivity contribution in [3.8, 4) is 11.9 Å². The molecule has 0 fully saturated rings. The van der Waals surface area contributed by atoms with E-state index in [4.69, 9.17) is 16.9 Å². The fourth-order valence-electron chi connectivity index (χ4n) is 1.78. The molecule has 0 amide bonds. The molecule has 0 radical (unpaired) electrons. The summed E-state index contributed by atoms with van der Waals surface area (Å²) in [6, 6.07) is 3.52. The summed E-state index contributed by atoms with van der Waals surface area (Å²) in [7, 11) is -2.56. The molecule has 8 nitrogen and oxygen atoms in total. The molecule has 0 aliphatic carbocycles. The molecule has 2 aromatic heterocycles. The van der Waals surface area contributed by atoms with Crippen LogP contribution in [0.2, 0.25) is 5.15 Å². The average molecular weight is 407 g/mol. The first-order chi connectivity index (χ1) is 12.0. The highest BCUT2D eigenvalue weighted by atomic mass is 35.5. The maximum Gasteiger partial charge on any atom is 0.436 e. The Morgan fingerprint density at radius 2 is 2.08 bits per heavy atom. The van der Waals surface area contributed by atoms with Crippen LogP contribution in [0, 0.1) is 11.3 Å². The van der Waals surface area contributed by atoms with Gasteiger partial charge >= 0.3 is 6.18 Å². The minimum Gasteiger partial charge on any atom is -0.376 e. The van der Waals surface area contributed by atoms with Crippen molar-refractivity contribution in [2.75, 3.05) is 7.05 Å². The van der Waals surface area contributed by atoms with Crippen LogP contribution < -0.4 is 5.32 Å². The first-order valence-corrected chi connectivity index (χ1v) is 8.54. The maximum absolute atomic E-state index is 12.9. The van der Waals surface area contributed by atoms with Crippen molar-refractivity contribution in [2.45, 2.75) is 18.0 Å². The van der Waals surface area contributed by atoms with E-state index in [9.17, 15) is 21.6 Å². The summed E-state index contributed by atoms with van der Waals surface area (Å²) in [6.45, 7) is 1.44. The Morgan fingerprint density at radius 1 is 1.42 bits per heavy atom. The molecular formula is C13H10ClF3N6O2S. The lowest BCUT2D eigenvalue weighted by molar-refractivity contribution is -0.141. The average Bonchev–Trinajstić information content (AvgIpc) is 2.91. The Balaban J connectivity index is 2.51. The molecule has 0 atom stereocenters. The molecule has 26 heavy (non-hydrogen) atoms. The van der Waals surface area contributed by atoms with Gasteiger partial charge in [-0.2, -0.15) is 31.9 Å². The number of nitrogens with one attached hydrogen (secondary N) is 1. The molecule has 1 N–H and O–H groups in total. The smallest absolute Gasteiger partial charge is 0.376 e. The summed E-state index contributed by atoms with van der Waals surface area (Å²) in [5, 5.41) is 14.1. The Morgan fingerprint density at radius 3 is 2.50 bits per heavy atom. The van der Waals surface area contributed by atoms with Gasteiger partial charge in [-0.3, -0.25) is 0 Å². The van der Waals surface area contributed by atoms with Gasteiger partial charge in [-0.1, -0.05) is 11.6 Å². The molecule has 2 aromatic rings. The second kappa shape index (κ2) is 6.93. The van der Waals surface area contributed by atoms with Gasteiger partial charge in [0.1, 0.15) is 22.4 Å². The van der Waals surface area contributed by atoms with Crippen molar-refractivity contribution in [1.29, 1.82) is 5.26 Å². The third-order valence-corrected chi connectivity index (χ3v) is 4.76. The predicted molar refractivity (Wildman–Crippen MR) is 85.4 cm³/mol. The van der Waals surface area contributed by atoms with Gasteiger partial charge in [0.05, 0.1) is 0 Å². The molecule has 0 saturated heterocycles. The van der Waals surface area contributed by atoms with E-state index in [-0.39, 0.29) is 16.5 Å². The number of sulfonamides is 1. The Bertz CT molecular complexity index is 1010. The summed E-state index contributed by atoms with van der Waals surface area (Å²) in [6.07, 6.45) is -3.99. The highest BCUT2D eigenvalue weighted by molar-refractivity contribution is 7.90. The van der Waals surface area contributed by atoms with Crippen LogP contribution in [0.25, 0.3) is 5.82 Å². The van der Waals surface area contributed by atoms with Gasteiger partial charge in [0, 0.05) is 13.2 Å². The van der Waals surface area contributed by atoms with Gasteiger partial charge in [-0.25, -0.2) is 9.67 Å². The van der Waals surface area contributed by atoms with Gasteiger partial charge in [0.15, 0.2) is 16.7 Å². The topological polar surface area (TPSA) is 113 Å². The fraction of sp³-hybridized carbons (Fsp3) is 0.231. The van der Waals surface area contributed by atoms with Crippen LogP contribution in [-0.4, -0.2) is 36.1 Å². The molecule has 138 valence electrons. The quantitative estimate of drug-likeness (QED) is 0.617. The van der Waals surface area contributed by atoms with Crippen LogP contribution in [0.1, 0.15) is 18.2 Å². The normalized spacial score (nSPS) is 12.7. The summed E-state index contributed by atoms with van der Waals surface area (Å²) in [4.78, 5) is 3.47. The number of alkyl halides is 3. The third-order valence-electron chi connectivity index (χ3n) is 3.06. The maximum atomic E-state index is 12.9. The van der Waals surface area contributed by atoms with E-state index in [0.29, 0.717) is 4.68 Å². The second-order valence-corrected chi connectivity index (χ2v) is 6.75. The van der Waals surface area contributed by atoms with Crippen LogP contribution in [0.5, 0.6) is 0 Å². The minimum atomic E-state index is -4.89. The second-order valence-electron chi connectivity index (χ2n) is 4.79. The van der Waals surface area contributed by atoms with E-state index in [1.807, 2.05) is 0 Å². The van der Waals surface area contributed by atoms with E-state index in [0.717, 1.165) is 18.3 Å². The monoisotopic (exact) mass is 406 g/mol. The van der Waals surface area contributed by atoms with Gasteiger partial charge < -0.3 is 5.32 Å². The molecule has 13 heteroatoms. The van der Waals surface area contributed by atoms with Crippen molar-refractivity contribution in [3.05, 3.63) is 34.7 Å². The molecule has 2 rings (SSSR count). The molecule has 0 aliphatic heterocycles. The lowest BCUT2D eigenvalue weighted by atomic mass is 10.2. The van der Waals surface area contributed by atoms with Crippen molar-refractivity contribution >= 4 is 27.5 Å². The van der Waals surface area contributed by atoms with Crippen LogP contribution in [0.4, 0.5) is 13.2 Å². The van der Waals surface area contributed by atoms with Gasteiger partial charge in [0.25, 0.3) is 10.0 Å². The lowest BCUT2D eigenvalue weighted by Gasteiger charge is -2.04. The van der Waals surface area contributed by atoms with Crippen LogP contribution in [0.15, 0.2) is 27.6 Å².